The molecule has 3 rings (SSSR count). The van der Waals surface area contributed by atoms with Gasteiger partial charge in [0.2, 0.25) is 0 Å². The maximum absolute atomic E-state index is 6.06. The first-order valence-corrected chi connectivity index (χ1v) is 7.17. The summed E-state index contributed by atoms with van der Waals surface area (Å²) >= 11 is 6.06. The second-order valence-electron chi connectivity index (χ2n) is 4.98. The molecule has 0 unspecified atom stereocenters. The molecule has 1 heterocycles. The minimum atomic E-state index is 0.691. The van der Waals surface area contributed by atoms with E-state index in [-0.39, 0.29) is 0 Å². The van der Waals surface area contributed by atoms with Gasteiger partial charge in [0.05, 0.1) is 12.8 Å². The topological polar surface area (TPSA) is 26.2 Å². The number of anilines is 1. The quantitative estimate of drug-likeness (QED) is 0.770. The molecule has 0 amide bonds. The molecule has 0 spiro atoms. The van der Waals surface area contributed by atoms with Gasteiger partial charge < -0.3 is 14.6 Å². The van der Waals surface area contributed by atoms with Crippen LogP contribution in [0.25, 0.3) is 10.9 Å². The molecule has 1 aromatic heterocycles. The molecule has 0 aliphatic rings. The lowest BCUT2D eigenvalue weighted by Gasteiger charge is -2.11. The number of ether oxygens (including phenoxy) is 1. The van der Waals surface area contributed by atoms with Crippen molar-refractivity contribution >= 4 is 28.2 Å². The van der Waals surface area contributed by atoms with Crippen LogP contribution in [-0.2, 0) is 13.6 Å². The summed E-state index contributed by atoms with van der Waals surface area (Å²) < 4.78 is 7.50. The lowest BCUT2D eigenvalue weighted by atomic mass is 10.1. The average molecular weight is 301 g/mol. The lowest BCUT2D eigenvalue weighted by molar-refractivity contribution is 0.416. The van der Waals surface area contributed by atoms with Crippen LogP contribution in [0.4, 0.5) is 5.69 Å². The summed E-state index contributed by atoms with van der Waals surface area (Å²) in [5.74, 6) is 0.791. The van der Waals surface area contributed by atoms with Crippen molar-refractivity contribution in [2.75, 3.05) is 12.4 Å². The number of rotatable bonds is 4. The van der Waals surface area contributed by atoms with Crippen LogP contribution < -0.4 is 10.1 Å². The maximum atomic E-state index is 6.06. The van der Waals surface area contributed by atoms with Crippen LogP contribution >= 0.6 is 11.6 Å². The van der Waals surface area contributed by atoms with E-state index in [1.165, 1.54) is 16.5 Å². The third kappa shape index (κ3) is 2.69. The van der Waals surface area contributed by atoms with E-state index >= 15 is 0 Å². The van der Waals surface area contributed by atoms with Crippen LogP contribution in [0, 0.1) is 0 Å². The highest BCUT2D eigenvalue weighted by Gasteiger charge is 2.08. The van der Waals surface area contributed by atoms with Gasteiger partial charge in [0.1, 0.15) is 5.75 Å². The van der Waals surface area contributed by atoms with Gasteiger partial charge in [-0.15, -0.1) is 0 Å². The highest BCUT2D eigenvalue weighted by atomic mass is 35.5. The third-order valence-corrected chi connectivity index (χ3v) is 3.85. The van der Waals surface area contributed by atoms with E-state index in [1.54, 1.807) is 7.11 Å². The molecule has 108 valence electrons. The molecule has 0 aliphatic carbocycles. The number of methoxy groups -OCH3 is 1. The molecule has 21 heavy (non-hydrogen) atoms. The maximum Gasteiger partial charge on any atom is 0.142 e. The standard InChI is InChI=1S/C17H17ClN2O/c1-20-11-12(14-5-3-4-6-16(14)20)10-19-15-9-13(18)7-8-17(15)21-2/h3-9,11,19H,10H2,1-2H3. The van der Waals surface area contributed by atoms with Crippen molar-refractivity contribution in [2.24, 2.45) is 7.05 Å². The van der Waals surface area contributed by atoms with Crippen molar-refractivity contribution in [3.63, 3.8) is 0 Å². The van der Waals surface area contributed by atoms with Gasteiger partial charge in [-0.1, -0.05) is 29.8 Å². The van der Waals surface area contributed by atoms with Crippen molar-refractivity contribution in [1.29, 1.82) is 0 Å². The summed E-state index contributed by atoms with van der Waals surface area (Å²) in [6, 6.07) is 14.0. The Labute approximate surface area is 129 Å². The van der Waals surface area contributed by atoms with Crippen molar-refractivity contribution in [3.05, 3.63) is 59.2 Å². The van der Waals surface area contributed by atoms with Gasteiger partial charge in [0.25, 0.3) is 0 Å². The first-order chi connectivity index (χ1) is 10.2. The SMILES string of the molecule is COc1ccc(Cl)cc1NCc1cn(C)c2ccccc12. The first-order valence-electron chi connectivity index (χ1n) is 6.79. The van der Waals surface area contributed by atoms with Crippen LogP contribution in [0.1, 0.15) is 5.56 Å². The number of aromatic nitrogens is 1. The number of fused-ring (bicyclic) bond motifs is 1. The minimum Gasteiger partial charge on any atom is -0.495 e. The fraction of sp³-hybridized carbons (Fsp3) is 0.176. The molecule has 0 radical (unpaired) electrons. The number of aryl methyl sites for hydroxylation is 1. The molecule has 2 aromatic carbocycles. The summed E-state index contributed by atoms with van der Waals surface area (Å²) in [6.07, 6.45) is 2.15. The summed E-state index contributed by atoms with van der Waals surface area (Å²) in [6.45, 7) is 0.720. The normalized spacial score (nSPS) is 10.8. The molecular weight excluding hydrogens is 284 g/mol. The molecule has 3 nitrogen and oxygen atoms in total. The predicted molar refractivity (Wildman–Crippen MR) is 88.2 cm³/mol. The van der Waals surface area contributed by atoms with Crippen LogP contribution in [0.5, 0.6) is 5.75 Å². The van der Waals surface area contributed by atoms with Crippen molar-refractivity contribution in [3.8, 4) is 5.75 Å². The van der Waals surface area contributed by atoms with Crippen LogP contribution in [0.2, 0.25) is 5.02 Å². The van der Waals surface area contributed by atoms with Crippen LogP contribution in [0.15, 0.2) is 48.7 Å². The van der Waals surface area contributed by atoms with Crippen molar-refractivity contribution in [1.82, 2.24) is 4.57 Å². The minimum absolute atomic E-state index is 0.691. The number of benzene rings is 2. The first kappa shape index (κ1) is 13.8. The molecule has 0 bridgehead atoms. The summed E-state index contributed by atoms with van der Waals surface area (Å²) in [4.78, 5) is 0. The largest absolute Gasteiger partial charge is 0.495 e. The molecule has 1 N–H and O–H groups in total. The number of halogens is 1. The van der Waals surface area contributed by atoms with Crippen LogP contribution in [0.3, 0.4) is 0 Å². The van der Waals surface area contributed by atoms with E-state index in [2.05, 4.69) is 47.4 Å². The zero-order valence-corrected chi connectivity index (χ0v) is 12.8. The smallest absolute Gasteiger partial charge is 0.142 e. The Morgan fingerprint density at radius 1 is 1.19 bits per heavy atom. The highest BCUT2D eigenvalue weighted by molar-refractivity contribution is 6.30. The van der Waals surface area contributed by atoms with E-state index in [9.17, 15) is 0 Å². The van der Waals surface area contributed by atoms with Gasteiger partial charge in [-0.25, -0.2) is 0 Å². The number of para-hydroxylation sites is 1. The van der Waals surface area contributed by atoms with E-state index in [4.69, 9.17) is 16.3 Å². The van der Waals surface area contributed by atoms with E-state index in [0.29, 0.717) is 5.02 Å². The lowest BCUT2D eigenvalue weighted by Crippen LogP contribution is -2.01. The highest BCUT2D eigenvalue weighted by Crippen LogP contribution is 2.29. The molecule has 0 saturated carbocycles. The molecule has 0 atom stereocenters. The molecule has 0 aliphatic heterocycles. The van der Waals surface area contributed by atoms with Gasteiger partial charge in [0, 0.05) is 35.7 Å². The third-order valence-electron chi connectivity index (χ3n) is 3.61. The number of nitrogens with one attached hydrogen (secondary N) is 1. The molecule has 4 heteroatoms. The Balaban J connectivity index is 1.89. The van der Waals surface area contributed by atoms with Gasteiger partial charge in [-0.2, -0.15) is 0 Å². The van der Waals surface area contributed by atoms with Crippen molar-refractivity contribution < 1.29 is 4.74 Å². The second-order valence-corrected chi connectivity index (χ2v) is 5.42. The van der Waals surface area contributed by atoms with Gasteiger partial charge in [-0.05, 0) is 29.8 Å². The number of hydrogen-bond donors (Lipinski definition) is 1. The zero-order chi connectivity index (χ0) is 14.8. The Kier molecular flexibility index (Phi) is 3.76. The Morgan fingerprint density at radius 3 is 2.81 bits per heavy atom. The van der Waals surface area contributed by atoms with Gasteiger partial charge in [0.15, 0.2) is 0 Å². The van der Waals surface area contributed by atoms with Gasteiger partial charge in [-0.3, -0.25) is 0 Å². The average Bonchev–Trinajstić information content (AvgIpc) is 2.82. The molecule has 3 aromatic rings. The van der Waals surface area contributed by atoms with Crippen molar-refractivity contribution in [2.45, 2.75) is 6.54 Å². The molecule has 0 saturated heterocycles. The summed E-state index contributed by atoms with van der Waals surface area (Å²) in [5.41, 5.74) is 3.38. The monoisotopic (exact) mass is 300 g/mol. The Morgan fingerprint density at radius 2 is 2.00 bits per heavy atom. The van der Waals surface area contributed by atoms with Crippen LogP contribution in [-0.4, -0.2) is 11.7 Å². The zero-order valence-electron chi connectivity index (χ0n) is 12.1. The second kappa shape index (κ2) is 5.70. The fourth-order valence-corrected chi connectivity index (χ4v) is 2.75. The van der Waals surface area contributed by atoms with E-state index in [0.717, 1.165) is 18.0 Å². The Bertz CT molecular complexity index is 780. The Hall–Kier alpha value is -2.13. The number of hydrogen-bond acceptors (Lipinski definition) is 2. The number of nitrogens with zero attached hydrogens (tertiary/aromatic N) is 1. The molecule has 0 fully saturated rings. The molecular formula is C17H17ClN2O. The predicted octanol–water partition coefficient (Wildman–Crippen LogP) is 4.45. The summed E-state index contributed by atoms with van der Waals surface area (Å²) in [5, 5.41) is 5.35. The van der Waals surface area contributed by atoms with E-state index < -0.39 is 0 Å². The van der Waals surface area contributed by atoms with Gasteiger partial charge >= 0.3 is 0 Å². The summed E-state index contributed by atoms with van der Waals surface area (Å²) in [7, 11) is 3.72. The van der Waals surface area contributed by atoms with E-state index in [1.807, 2.05) is 18.2 Å². The fourth-order valence-electron chi connectivity index (χ4n) is 2.58.